The summed E-state index contributed by atoms with van der Waals surface area (Å²) < 4.78 is 0.812. The molecule has 0 spiro atoms. The summed E-state index contributed by atoms with van der Waals surface area (Å²) in [4.78, 5) is 35.8. The van der Waals surface area contributed by atoms with Gasteiger partial charge < -0.3 is 0 Å². The zero-order valence-electron chi connectivity index (χ0n) is 10.4. The van der Waals surface area contributed by atoms with E-state index in [0.29, 0.717) is 16.5 Å². The first-order valence-electron chi connectivity index (χ1n) is 5.88. The lowest BCUT2D eigenvalue weighted by Gasteiger charge is -2.26. The zero-order valence-corrected chi connectivity index (χ0v) is 12.0. The van der Waals surface area contributed by atoms with Crippen LogP contribution in [0.1, 0.15) is 27.6 Å². The average Bonchev–Trinajstić information content (AvgIpc) is 2.42. The zero-order chi connectivity index (χ0) is 14.4. The Labute approximate surface area is 122 Å². The van der Waals surface area contributed by atoms with Crippen LogP contribution in [0.2, 0.25) is 0 Å². The van der Waals surface area contributed by atoms with E-state index in [4.69, 9.17) is 0 Å². The number of amides is 3. The number of carbonyl (C=O) groups excluding carboxylic acids is 3. The molecule has 100 valence electrons. The van der Waals surface area contributed by atoms with Gasteiger partial charge in [-0.05, 0) is 23.6 Å². The minimum Gasteiger partial charge on any atom is -0.274 e. The molecule has 20 heavy (non-hydrogen) atoms. The number of hydrogen-bond acceptors (Lipinski definition) is 3. The molecule has 0 fully saturated rings. The summed E-state index contributed by atoms with van der Waals surface area (Å²) in [6, 6.07) is 8.61. The van der Waals surface area contributed by atoms with Gasteiger partial charge in [0.05, 0.1) is 11.1 Å². The van der Waals surface area contributed by atoms with Crippen molar-refractivity contribution in [2.45, 2.75) is 6.92 Å². The molecule has 0 unspecified atom stereocenters. The molecule has 2 aromatic carbocycles. The van der Waals surface area contributed by atoms with Crippen LogP contribution in [-0.2, 0) is 4.79 Å². The van der Waals surface area contributed by atoms with E-state index in [0.717, 1.165) is 14.9 Å². The summed E-state index contributed by atoms with van der Waals surface area (Å²) in [7, 11) is 0. The average molecular weight is 333 g/mol. The van der Waals surface area contributed by atoms with E-state index < -0.39 is 17.7 Å². The van der Waals surface area contributed by atoms with Crippen molar-refractivity contribution in [1.82, 2.24) is 10.4 Å². The number of halogens is 1. The van der Waals surface area contributed by atoms with Crippen LogP contribution in [0.15, 0.2) is 34.8 Å². The highest BCUT2D eigenvalue weighted by Gasteiger charge is 2.33. The molecule has 1 heterocycles. The van der Waals surface area contributed by atoms with E-state index in [1.54, 1.807) is 24.3 Å². The third-order valence-corrected chi connectivity index (χ3v) is 3.82. The van der Waals surface area contributed by atoms with Gasteiger partial charge in [0.1, 0.15) is 0 Å². The lowest BCUT2D eigenvalue weighted by Crippen LogP contribution is -2.51. The van der Waals surface area contributed by atoms with Gasteiger partial charge in [0.25, 0.3) is 11.8 Å². The Morgan fingerprint density at radius 1 is 1.10 bits per heavy atom. The molecular formula is C14H9BrN2O3. The van der Waals surface area contributed by atoms with Gasteiger partial charge in [-0.1, -0.05) is 28.1 Å². The summed E-state index contributed by atoms with van der Waals surface area (Å²) in [6.07, 6.45) is 0. The third-order valence-electron chi connectivity index (χ3n) is 3.12. The van der Waals surface area contributed by atoms with E-state index in [1.807, 2.05) is 6.07 Å². The first kappa shape index (κ1) is 12.8. The topological polar surface area (TPSA) is 66.5 Å². The highest BCUT2D eigenvalue weighted by molar-refractivity contribution is 9.10. The summed E-state index contributed by atoms with van der Waals surface area (Å²) in [5.74, 6) is -1.53. The molecule has 3 rings (SSSR count). The van der Waals surface area contributed by atoms with Gasteiger partial charge in [0.15, 0.2) is 0 Å². The van der Waals surface area contributed by atoms with Crippen molar-refractivity contribution in [1.29, 1.82) is 0 Å². The Hall–Kier alpha value is -2.21. The van der Waals surface area contributed by atoms with Crippen molar-refractivity contribution < 1.29 is 14.4 Å². The number of imide groups is 1. The molecule has 6 heteroatoms. The fraction of sp³-hybridized carbons (Fsp3) is 0.0714. The number of nitrogens with one attached hydrogen (secondary N) is 1. The van der Waals surface area contributed by atoms with Crippen molar-refractivity contribution >= 4 is 44.4 Å². The van der Waals surface area contributed by atoms with Crippen LogP contribution >= 0.6 is 15.9 Å². The first-order chi connectivity index (χ1) is 9.50. The molecule has 2 aromatic rings. The SMILES string of the molecule is CC(=O)NN1C(=O)c2cccc3c(Br)ccc(c23)C1=O. The second kappa shape index (κ2) is 4.42. The van der Waals surface area contributed by atoms with Crippen LogP contribution in [0.4, 0.5) is 0 Å². The van der Waals surface area contributed by atoms with E-state index >= 15 is 0 Å². The van der Waals surface area contributed by atoms with Crippen LogP contribution in [0.25, 0.3) is 10.8 Å². The van der Waals surface area contributed by atoms with Gasteiger partial charge in [-0.2, -0.15) is 5.01 Å². The number of hydrogen-bond donors (Lipinski definition) is 1. The van der Waals surface area contributed by atoms with E-state index in [-0.39, 0.29) is 0 Å². The van der Waals surface area contributed by atoms with Gasteiger partial charge in [0.2, 0.25) is 5.91 Å². The molecule has 1 aliphatic rings. The maximum atomic E-state index is 12.3. The molecule has 0 saturated heterocycles. The van der Waals surface area contributed by atoms with Crippen LogP contribution in [0, 0.1) is 0 Å². The standard InChI is InChI=1S/C14H9BrN2O3/c1-7(18)16-17-13(19)9-4-2-3-8-11(15)6-5-10(12(8)9)14(17)20/h2-6H,1H3,(H,16,18). The minimum atomic E-state index is -0.526. The number of nitrogens with zero attached hydrogens (tertiary/aromatic N) is 1. The second-order valence-corrected chi connectivity index (χ2v) is 5.29. The second-order valence-electron chi connectivity index (χ2n) is 4.44. The summed E-state index contributed by atoms with van der Waals surface area (Å²) in [5, 5.41) is 2.16. The predicted molar refractivity (Wildman–Crippen MR) is 76.0 cm³/mol. The Morgan fingerprint density at radius 2 is 1.75 bits per heavy atom. The summed E-state index contributed by atoms with van der Waals surface area (Å²) in [6.45, 7) is 1.25. The van der Waals surface area contributed by atoms with Crippen LogP contribution in [0.3, 0.4) is 0 Å². The highest BCUT2D eigenvalue weighted by Crippen LogP contribution is 2.33. The quantitative estimate of drug-likeness (QED) is 0.814. The smallest absolute Gasteiger partial charge is 0.274 e. The van der Waals surface area contributed by atoms with E-state index in [1.165, 1.54) is 6.92 Å². The molecule has 0 aliphatic carbocycles. The molecule has 1 aliphatic heterocycles. The van der Waals surface area contributed by atoms with Gasteiger partial charge in [-0.15, -0.1) is 0 Å². The molecule has 0 radical (unpaired) electrons. The fourth-order valence-electron chi connectivity index (χ4n) is 2.32. The van der Waals surface area contributed by atoms with Gasteiger partial charge >= 0.3 is 0 Å². The van der Waals surface area contributed by atoms with Crippen LogP contribution in [0.5, 0.6) is 0 Å². The molecule has 5 nitrogen and oxygen atoms in total. The van der Waals surface area contributed by atoms with E-state index in [9.17, 15) is 14.4 Å². The molecule has 0 aromatic heterocycles. The molecular weight excluding hydrogens is 324 g/mol. The largest absolute Gasteiger partial charge is 0.280 e. The minimum absolute atomic E-state index is 0.396. The molecule has 1 N–H and O–H groups in total. The monoisotopic (exact) mass is 332 g/mol. The van der Waals surface area contributed by atoms with Crippen molar-refractivity contribution in [2.24, 2.45) is 0 Å². The Balaban J connectivity index is 2.31. The first-order valence-corrected chi connectivity index (χ1v) is 6.67. The third kappa shape index (κ3) is 1.72. The normalized spacial score (nSPS) is 13.8. The van der Waals surface area contributed by atoms with Crippen LogP contribution in [-0.4, -0.2) is 22.7 Å². The van der Waals surface area contributed by atoms with Crippen LogP contribution < -0.4 is 5.43 Å². The summed E-state index contributed by atoms with van der Waals surface area (Å²) in [5.41, 5.74) is 3.05. The maximum absolute atomic E-state index is 12.3. The molecule has 3 amide bonds. The predicted octanol–water partition coefficient (Wildman–Crippen LogP) is 2.25. The molecule has 0 saturated carbocycles. The Bertz CT molecular complexity index is 763. The molecule has 0 atom stereocenters. The lowest BCUT2D eigenvalue weighted by molar-refractivity contribution is -0.122. The number of rotatable bonds is 1. The fourth-order valence-corrected chi connectivity index (χ4v) is 2.78. The summed E-state index contributed by atoms with van der Waals surface area (Å²) >= 11 is 3.41. The molecule has 0 bridgehead atoms. The van der Waals surface area contributed by atoms with Gasteiger partial charge in [-0.25, -0.2) is 0 Å². The van der Waals surface area contributed by atoms with Gasteiger partial charge in [0, 0.05) is 16.8 Å². The lowest BCUT2D eigenvalue weighted by atomic mass is 9.95. The van der Waals surface area contributed by atoms with Crippen molar-refractivity contribution in [3.63, 3.8) is 0 Å². The van der Waals surface area contributed by atoms with Gasteiger partial charge in [-0.3, -0.25) is 19.8 Å². The van der Waals surface area contributed by atoms with E-state index in [2.05, 4.69) is 21.4 Å². The number of benzene rings is 2. The van der Waals surface area contributed by atoms with Crippen molar-refractivity contribution in [3.8, 4) is 0 Å². The van der Waals surface area contributed by atoms with Crippen molar-refractivity contribution in [3.05, 3.63) is 45.9 Å². The highest BCUT2D eigenvalue weighted by atomic mass is 79.9. The van der Waals surface area contributed by atoms with Crippen molar-refractivity contribution in [2.75, 3.05) is 0 Å². The Morgan fingerprint density at radius 3 is 2.40 bits per heavy atom. The Kier molecular flexibility index (Phi) is 2.83. The number of hydrazine groups is 1. The number of carbonyl (C=O) groups is 3. The maximum Gasteiger partial charge on any atom is 0.280 e.